The van der Waals surface area contributed by atoms with E-state index in [-0.39, 0.29) is 26.1 Å². The summed E-state index contributed by atoms with van der Waals surface area (Å²) in [5.74, 6) is -0.831. The number of phosphoric ester groups is 1. The fourth-order valence-electron chi connectivity index (χ4n) is 3.36. The summed E-state index contributed by atoms with van der Waals surface area (Å²) < 4.78 is 33.5. The van der Waals surface area contributed by atoms with Crippen LogP contribution < -0.4 is 0 Å². The maximum Gasteiger partial charge on any atom is 0.472 e. The molecule has 0 saturated heterocycles. The summed E-state index contributed by atoms with van der Waals surface area (Å²) in [4.78, 5) is 34.3. The predicted molar refractivity (Wildman–Crippen MR) is 141 cm³/mol. The van der Waals surface area contributed by atoms with Crippen LogP contribution in [-0.2, 0) is 32.7 Å². The van der Waals surface area contributed by atoms with E-state index in [0.29, 0.717) is 17.4 Å². The lowest BCUT2D eigenvalue weighted by Crippen LogP contribution is -2.37. The smallest absolute Gasteiger partial charge is 0.462 e. The third-order valence-corrected chi connectivity index (χ3v) is 6.62. The summed E-state index contributed by atoms with van der Waals surface area (Å²) in [7, 11) is 1.47. The number of phosphoric acid groups is 1. The number of likely N-dealkylation sites (N-methyl/N-ethyl adjacent to an activating group) is 1. The van der Waals surface area contributed by atoms with Gasteiger partial charge >= 0.3 is 19.8 Å². The van der Waals surface area contributed by atoms with Crippen LogP contribution in [-0.4, -0.2) is 74.9 Å². The minimum atomic E-state index is -4.33. The lowest BCUT2D eigenvalue weighted by Gasteiger charge is -2.24. The van der Waals surface area contributed by atoms with Crippen LogP contribution in [0.5, 0.6) is 0 Å². The van der Waals surface area contributed by atoms with E-state index < -0.39 is 32.5 Å². The molecule has 2 unspecified atom stereocenters. The van der Waals surface area contributed by atoms with Crippen LogP contribution in [0.1, 0.15) is 104 Å². The Hall–Kier alpha value is -0.990. The van der Waals surface area contributed by atoms with Crippen LogP contribution in [0.3, 0.4) is 0 Å². The van der Waals surface area contributed by atoms with Gasteiger partial charge in [0.1, 0.15) is 19.8 Å². The number of carbonyl (C=O) groups is 2. The van der Waals surface area contributed by atoms with E-state index in [1.54, 1.807) is 0 Å². The summed E-state index contributed by atoms with van der Waals surface area (Å²) in [6.45, 7) is 4.17. The van der Waals surface area contributed by atoms with Gasteiger partial charge in [-0.2, -0.15) is 0 Å². The van der Waals surface area contributed by atoms with Crippen molar-refractivity contribution in [3.05, 3.63) is 0 Å². The molecule has 9 nitrogen and oxygen atoms in total. The van der Waals surface area contributed by atoms with Crippen molar-refractivity contribution in [3.8, 4) is 0 Å². The summed E-state index contributed by atoms with van der Waals surface area (Å²) >= 11 is 0. The van der Waals surface area contributed by atoms with Gasteiger partial charge in [-0.3, -0.25) is 18.6 Å². The molecule has 36 heavy (non-hydrogen) atoms. The summed E-state index contributed by atoms with van der Waals surface area (Å²) in [6.07, 6.45) is 12.4. The Morgan fingerprint density at radius 1 is 0.750 bits per heavy atom. The molecular weight excluding hydrogens is 485 g/mol. The molecule has 0 amide bonds. The van der Waals surface area contributed by atoms with Gasteiger partial charge in [0.15, 0.2) is 6.10 Å². The molecule has 0 bridgehead atoms. The largest absolute Gasteiger partial charge is 0.472 e. The predicted octanol–water partition coefficient (Wildman–Crippen LogP) is 5.78. The maximum atomic E-state index is 12.3. The van der Waals surface area contributed by atoms with Gasteiger partial charge < -0.3 is 18.9 Å². The highest BCUT2D eigenvalue weighted by molar-refractivity contribution is 7.47. The summed E-state index contributed by atoms with van der Waals surface area (Å²) in [5, 5.41) is 0. The average Bonchev–Trinajstić information content (AvgIpc) is 2.79. The molecule has 0 rings (SSSR count). The number of carbonyl (C=O) groups excluding carboxylic acids is 2. The van der Waals surface area contributed by atoms with Crippen LogP contribution in [0.15, 0.2) is 0 Å². The second-order valence-corrected chi connectivity index (χ2v) is 11.9. The van der Waals surface area contributed by atoms with Crippen molar-refractivity contribution in [1.82, 2.24) is 0 Å². The topological polar surface area (TPSA) is 108 Å². The Morgan fingerprint density at radius 2 is 1.25 bits per heavy atom. The van der Waals surface area contributed by atoms with Gasteiger partial charge in [0.05, 0.1) is 27.7 Å². The number of rotatable bonds is 24. The van der Waals surface area contributed by atoms with Crippen molar-refractivity contribution in [2.45, 2.75) is 110 Å². The second-order valence-electron chi connectivity index (χ2n) is 10.4. The number of quaternary nitrogens is 1. The Bertz CT molecular complexity index is 624. The van der Waals surface area contributed by atoms with E-state index in [9.17, 15) is 19.0 Å². The molecular formula is C26H53NO8P+. The zero-order valence-corrected chi connectivity index (χ0v) is 24.4. The van der Waals surface area contributed by atoms with Crippen LogP contribution >= 0.6 is 7.82 Å². The molecule has 10 heteroatoms. The van der Waals surface area contributed by atoms with Crippen LogP contribution in [0, 0.1) is 0 Å². The lowest BCUT2D eigenvalue weighted by atomic mass is 10.1. The number of ether oxygens (including phenoxy) is 2. The molecule has 0 aromatic rings. The van der Waals surface area contributed by atoms with E-state index in [2.05, 4.69) is 6.92 Å². The maximum absolute atomic E-state index is 12.3. The molecule has 0 spiro atoms. The van der Waals surface area contributed by atoms with Gasteiger partial charge in [-0.25, -0.2) is 4.57 Å². The van der Waals surface area contributed by atoms with Gasteiger partial charge in [0, 0.05) is 12.8 Å². The average molecular weight is 539 g/mol. The van der Waals surface area contributed by atoms with E-state index in [1.165, 1.54) is 38.5 Å². The summed E-state index contributed by atoms with van der Waals surface area (Å²) in [5.41, 5.74) is 0. The normalized spacial score (nSPS) is 14.3. The van der Waals surface area contributed by atoms with Gasteiger partial charge in [-0.1, -0.05) is 78.1 Å². The van der Waals surface area contributed by atoms with E-state index in [4.69, 9.17) is 18.5 Å². The van der Waals surface area contributed by atoms with Crippen molar-refractivity contribution in [1.29, 1.82) is 0 Å². The first-order chi connectivity index (χ1) is 17.0. The molecule has 0 fully saturated rings. The van der Waals surface area contributed by atoms with Gasteiger partial charge in [0.25, 0.3) is 0 Å². The minimum absolute atomic E-state index is 0.0345. The molecule has 0 aliphatic rings. The van der Waals surface area contributed by atoms with Gasteiger partial charge in [-0.05, 0) is 12.8 Å². The Morgan fingerprint density at radius 3 is 1.83 bits per heavy atom. The van der Waals surface area contributed by atoms with E-state index >= 15 is 0 Å². The monoisotopic (exact) mass is 538 g/mol. The highest BCUT2D eigenvalue weighted by atomic mass is 31.2. The molecule has 214 valence electrons. The fraction of sp³-hybridized carbons (Fsp3) is 0.923. The number of hydrogen-bond acceptors (Lipinski definition) is 7. The molecule has 0 saturated carbocycles. The lowest BCUT2D eigenvalue weighted by molar-refractivity contribution is -0.870. The van der Waals surface area contributed by atoms with Crippen LogP contribution in [0.25, 0.3) is 0 Å². The standard InChI is InChI=1S/C26H52NO8P/c1-6-8-10-11-12-13-14-15-17-19-26(29)35-24(22-32-25(28)18-16-9-7-2)23-34-36(30,31)33-21-20-27(3,4)5/h24H,6-23H2,1-5H3/p+1. The molecule has 0 radical (unpaired) electrons. The number of unbranched alkanes of at least 4 members (excludes halogenated alkanes) is 10. The number of hydrogen-bond donors (Lipinski definition) is 1. The second kappa shape index (κ2) is 21.0. The van der Waals surface area contributed by atoms with E-state index in [0.717, 1.165) is 32.1 Å². The van der Waals surface area contributed by atoms with Crippen molar-refractivity contribution in [3.63, 3.8) is 0 Å². The zero-order valence-electron chi connectivity index (χ0n) is 23.5. The first-order valence-corrected chi connectivity index (χ1v) is 15.3. The minimum Gasteiger partial charge on any atom is -0.462 e. The van der Waals surface area contributed by atoms with Crippen molar-refractivity contribution < 1.29 is 42.1 Å². The van der Waals surface area contributed by atoms with Crippen molar-refractivity contribution in [2.75, 3.05) is 47.5 Å². The first kappa shape index (κ1) is 35.0. The Balaban J connectivity index is 4.52. The van der Waals surface area contributed by atoms with Crippen molar-refractivity contribution in [2.24, 2.45) is 0 Å². The van der Waals surface area contributed by atoms with Crippen LogP contribution in [0.4, 0.5) is 0 Å². The SMILES string of the molecule is CCCCCCCCCCCC(=O)OC(COC(=O)CCCCC)COP(=O)(O)OCC[N+](C)(C)C. The molecule has 0 aliphatic carbocycles. The van der Waals surface area contributed by atoms with Crippen LogP contribution in [0.2, 0.25) is 0 Å². The third-order valence-electron chi connectivity index (χ3n) is 5.64. The van der Waals surface area contributed by atoms with Crippen molar-refractivity contribution >= 4 is 19.8 Å². The summed E-state index contributed by atoms with van der Waals surface area (Å²) in [6, 6.07) is 0. The fourth-order valence-corrected chi connectivity index (χ4v) is 4.10. The van der Waals surface area contributed by atoms with Gasteiger partial charge in [-0.15, -0.1) is 0 Å². The molecule has 0 aromatic carbocycles. The molecule has 1 N–H and O–H groups in total. The number of esters is 2. The Kier molecular flexibility index (Phi) is 20.4. The number of nitrogens with zero attached hydrogens (tertiary/aromatic N) is 1. The quantitative estimate of drug-likeness (QED) is 0.0713. The van der Waals surface area contributed by atoms with E-state index in [1.807, 2.05) is 28.1 Å². The molecule has 0 heterocycles. The Labute approximate surface area is 219 Å². The first-order valence-electron chi connectivity index (χ1n) is 13.8. The highest BCUT2D eigenvalue weighted by Gasteiger charge is 2.27. The molecule has 0 aromatic heterocycles. The molecule has 2 atom stereocenters. The third kappa shape index (κ3) is 23.4. The zero-order chi connectivity index (χ0) is 27.3. The highest BCUT2D eigenvalue weighted by Crippen LogP contribution is 2.43. The molecule has 0 aliphatic heterocycles. The van der Waals surface area contributed by atoms with Gasteiger partial charge in [0.2, 0.25) is 0 Å².